The van der Waals surface area contributed by atoms with Crippen molar-refractivity contribution in [2.24, 2.45) is 0 Å². The molecule has 0 saturated carbocycles. The molecule has 160 valence electrons. The van der Waals surface area contributed by atoms with E-state index in [1.807, 2.05) is 37.3 Å². The second-order valence-corrected chi connectivity index (χ2v) is 10.1. The molecule has 0 amide bonds. The Labute approximate surface area is 177 Å². The maximum absolute atomic E-state index is 13.2. The Morgan fingerprint density at radius 3 is 2.40 bits per heavy atom. The maximum atomic E-state index is 13.2. The Hall–Kier alpha value is -2.03. The third kappa shape index (κ3) is 4.08. The quantitative estimate of drug-likeness (QED) is 0.695. The van der Waals surface area contributed by atoms with Crippen LogP contribution in [0.2, 0.25) is 0 Å². The SMILES string of the molecule is C=C([C@H]1O[C@@H]2OC(C)(C)O[C@@H]2[C@H]1OCc1ccccc1)S(=O)(=O)c1ccc(C)cc1. The zero-order valence-corrected chi connectivity index (χ0v) is 18.1. The van der Waals surface area contributed by atoms with Gasteiger partial charge in [-0.3, -0.25) is 0 Å². The van der Waals surface area contributed by atoms with Crippen LogP contribution in [0.3, 0.4) is 0 Å². The standard InChI is InChI=1S/C23H26O6S/c1-15-10-12-18(13-11-15)30(24,25)16(2)19-20(26-14-17-8-6-5-7-9-17)21-22(27-19)29-23(3,4)28-21/h5-13,19-22H,2,14H2,1,3-4H3/t19-,20+,21-,22-/m1/s1. The molecular weight excluding hydrogens is 404 g/mol. The van der Waals surface area contributed by atoms with Crippen molar-refractivity contribution in [2.75, 3.05) is 0 Å². The number of rotatable bonds is 6. The fourth-order valence-corrected chi connectivity index (χ4v) is 5.00. The first-order valence-corrected chi connectivity index (χ1v) is 11.3. The molecule has 30 heavy (non-hydrogen) atoms. The monoisotopic (exact) mass is 430 g/mol. The second kappa shape index (κ2) is 7.90. The Bertz CT molecular complexity index is 1010. The molecule has 2 saturated heterocycles. The third-order valence-electron chi connectivity index (χ3n) is 5.27. The van der Waals surface area contributed by atoms with Gasteiger partial charge >= 0.3 is 0 Å². The Morgan fingerprint density at radius 2 is 1.73 bits per heavy atom. The fourth-order valence-electron chi connectivity index (χ4n) is 3.71. The number of sulfone groups is 1. The van der Waals surface area contributed by atoms with Crippen molar-refractivity contribution in [3.63, 3.8) is 0 Å². The fraction of sp³-hybridized carbons (Fsp3) is 0.391. The number of ether oxygens (including phenoxy) is 4. The van der Waals surface area contributed by atoms with E-state index in [-0.39, 0.29) is 16.4 Å². The minimum atomic E-state index is -3.83. The summed E-state index contributed by atoms with van der Waals surface area (Å²) in [5, 5.41) is 0. The van der Waals surface area contributed by atoms with E-state index in [1.54, 1.807) is 38.1 Å². The molecule has 2 aromatic rings. The van der Waals surface area contributed by atoms with Crippen molar-refractivity contribution in [3.05, 3.63) is 77.2 Å². The number of aryl methyl sites for hydroxylation is 1. The molecule has 7 heteroatoms. The van der Waals surface area contributed by atoms with Gasteiger partial charge < -0.3 is 18.9 Å². The van der Waals surface area contributed by atoms with Crippen molar-refractivity contribution >= 4 is 9.84 Å². The van der Waals surface area contributed by atoms with Crippen molar-refractivity contribution in [1.82, 2.24) is 0 Å². The second-order valence-electron chi connectivity index (χ2n) is 8.07. The van der Waals surface area contributed by atoms with Crippen LogP contribution in [-0.2, 0) is 35.4 Å². The number of benzene rings is 2. The van der Waals surface area contributed by atoms with E-state index in [2.05, 4.69) is 6.58 Å². The molecule has 4 atom stereocenters. The van der Waals surface area contributed by atoms with E-state index in [9.17, 15) is 8.42 Å². The average Bonchev–Trinajstić information content (AvgIpc) is 3.18. The highest BCUT2D eigenvalue weighted by atomic mass is 32.2. The summed E-state index contributed by atoms with van der Waals surface area (Å²) in [6.45, 7) is 9.63. The average molecular weight is 431 g/mol. The number of hydrogen-bond donors (Lipinski definition) is 0. The molecule has 2 heterocycles. The van der Waals surface area contributed by atoms with Gasteiger partial charge in [0.05, 0.1) is 16.4 Å². The molecule has 0 bridgehead atoms. The molecule has 0 N–H and O–H groups in total. The summed E-state index contributed by atoms with van der Waals surface area (Å²) < 4.78 is 50.2. The molecule has 0 aliphatic carbocycles. The van der Waals surface area contributed by atoms with E-state index < -0.39 is 40.2 Å². The first-order chi connectivity index (χ1) is 14.2. The molecule has 2 fully saturated rings. The summed E-state index contributed by atoms with van der Waals surface area (Å²) in [5.74, 6) is -0.841. The minimum absolute atomic E-state index is 0.0659. The molecule has 6 nitrogen and oxygen atoms in total. The topological polar surface area (TPSA) is 71.1 Å². The molecule has 0 spiro atoms. The van der Waals surface area contributed by atoms with Crippen molar-refractivity contribution in [1.29, 1.82) is 0 Å². The van der Waals surface area contributed by atoms with Crippen molar-refractivity contribution in [3.8, 4) is 0 Å². The lowest BCUT2D eigenvalue weighted by atomic mass is 10.1. The largest absolute Gasteiger partial charge is 0.368 e. The van der Waals surface area contributed by atoms with Gasteiger partial charge in [0.2, 0.25) is 9.84 Å². The van der Waals surface area contributed by atoms with E-state index in [4.69, 9.17) is 18.9 Å². The van der Waals surface area contributed by atoms with Crippen LogP contribution in [0.5, 0.6) is 0 Å². The smallest absolute Gasteiger partial charge is 0.204 e. The Balaban J connectivity index is 1.60. The van der Waals surface area contributed by atoms with Crippen LogP contribution in [0.1, 0.15) is 25.0 Å². The number of fused-ring (bicyclic) bond motifs is 1. The van der Waals surface area contributed by atoms with Gasteiger partial charge in [0.15, 0.2) is 12.1 Å². The Morgan fingerprint density at radius 1 is 1.07 bits per heavy atom. The first kappa shape index (κ1) is 21.2. The summed E-state index contributed by atoms with van der Waals surface area (Å²) in [7, 11) is -3.83. The highest BCUT2D eigenvalue weighted by Crippen LogP contribution is 2.42. The van der Waals surface area contributed by atoms with Gasteiger partial charge in [-0.2, -0.15) is 0 Å². The van der Waals surface area contributed by atoms with Gasteiger partial charge in [0.1, 0.15) is 18.3 Å². The molecule has 4 rings (SSSR count). The predicted molar refractivity (Wildman–Crippen MR) is 111 cm³/mol. The first-order valence-electron chi connectivity index (χ1n) is 9.84. The predicted octanol–water partition coefficient (Wildman–Crippen LogP) is 3.74. The third-order valence-corrected chi connectivity index (χ3v) is 7.09. The zero-order chi connectivity index (χ0) is 21.5. The van der Waals surface area contributed by atoms with Gasteiger partial charge in [-0.1, -0.05) is 54.6 Å². The van der Waals surface area contributed by atoms with Gasteiger partial charge in [-0.05, 0) is 38.5 Å². The minimum Gasteiger partial charge on any atom is -0.368 e. The van der Waals surface area contributed by atoms with Gasteiger partial charge in [0.25, 0.3) is 0 Å². The van der Waals surface area contributed by atoms with Crippen LogP contribution in [0.15, 0.2) is 71.0 Å². The van der Waals surface area contributed by atoms with Gasteiger partial charge in [-0.25, -0.2) is 8.42 Å². The Kier molecular flexibility index (Phi) is 5.59. The summed E-state index contributed by atoms with van der Waals surface area (Å²) in [6.07, 6.45) is -2.87. The maximum Gasteiger partial charge on any atom is 0.204 e. The van der Waals surface area contributed by atoms with E-state index in [0.29, 0.717) is 0 Å². The van der Waals surface area contributed by atoms with Crippen LogP contribution in [-0.4, -0.2) is 38.8 Å². The molecule has 0 radical (unpaired) electrons. The zero-order valence-electron chi connectivity index (χ0n) is 17.3. The van der Waals surface area contributed by atoms with Crippen molar-refractivity contribution in [2.45, 2.75) is 62.7 Å². The number of hydrogen-bond acceptors (Lipinski definition) is 6. The molecule has 2 aliphatic rings. The van der Waals surface area contributed by atoms with Crippen LogP contribution in [0.4, 0.5) is 0 Å². The molecule has 0 aromatic heterocycles. The van der Waals surface area contributed by atoms with E-state index >= 15 is 0 Å². The molecule has 0 unspecified atom stereocenters. The van der Waals surface area contributed by atoms with Crippen LogP contribution < -0.4 is 0 Å². The van der Waals surface area contributed by atoms with E-state index in [1.165, 1.54) is 0 Å². The lowest BCUT2D eigenvalue weighted by Crippen LogP contribution is -2.38. The lowest BCUT2D eigenvalue weighted by Gasteiger charge is -2.27. The highest BCUT2D eigenvalue weighted by molar-refractivity contribution is 7.95. The highest BCUT2D eigenvalue weighted by Gasteiger charge is 2.57. The molecular formula is C23H26O6S. The van der Waals surface area contributed by atoms with Crippen LogP contribution in [0.25, 0.3) is 0 Å². The van der Waals surface area contributed by atoms with Crippen LogP contribution in [0, 0.1) is 6.92 Å². The van der Waals surface area contributed by atoms with Gasteiger partial charge in [-0.15, -0.1) is 0 Å². The van der Waals surface area contributed by atoms with Crippen LogP contribution >= 0.6 is 0 Å². The molecule has 2 aromatic carbocycles. The summed E-state index contributed by atoms with van der Waals surface area (Å²) in [6, 6.07) is 16.3. The van der Waals surface area contributed by atoms with Gasteiger partial charge in [0, 0.05) is 0 Å². The molecule has 2 aliphatic heterocycles. The van der Waals surface area contributed by atoms with Crippen molar-refractivity contribution < 1.29 is 27.4 Å². The van der Waals surface area contributed by atoms with E-state index in [0.717, 1.165) is 11.1 Å². The summed E-state index contributed by atoms with van der Waals surface area (Å²) in [5.41, 5.74) is 1.93. The summed E-state index contributed by atoms with van der Waals surface area (Å²) in [4.78, 5) is 0.103. The lowest BCUT2D eigenvalue weighted by molar-refractivity contribution is -0.213. The normalized spacial score (nSPS) is 27.7. The summed E-state index contributed by atoms with van der Waals surface area (Å²) >= 11 is 0.